The van der Waals surface area contributed by atoms with E-state index in [0.29, 0.717) is 50.1 Å². The average molecular weight is 391 g/mol. The van der Waals surface area contributed by atoms with Gasteiger partial charge in [0.25, 0.3) is 0 Å². The zero-order valence-corrected chi connectivity index (χ0v) is 15.7. The van der Waals surface area contributed by atoms with Gasteiger partial charge in [-0.05, 0) is 30.7 Å². The van der Waals surface area contributed by atoms with Crippen LogP contribution in [0.1, 0.15) is 5.56 Å². The average Bonchev–Trinajstić information content (AvgIpc) is 2.67. The Balaban J connectivity index is 1.45. The summed E-state index contributed by atoms with van der Waals surface area (Å²) in [6.45, 7) is 5.27. The fourth-order valence-electron chi connectivity index (χ4n) is 3.54. The van der Waals surface area contributed by atoms with Crippen LogP contribution in [-0.4, -0.2) is 55.2 Å². The molecule has 2 aromatic rings. The Labute approximate surface area is 162 Å². The lowest BCUT2D eigenvalue weighted by atomic mass is 10.2. The van der Waals surface area contributed by atoms with E-state index in [4.69, 9.17) is 16.3 Å². The van der Waals surface area contributed by atoms with Crippen LogP contribution in [0.2, 0.25) is 5.02 Å². The van der Waals surface area contributed by atoms with Crippen molar-refractivity contribution in [2.45, 2.75) is 6.92 Å². The van der Waals surface area contributed by atoms with Crippen molar-refractivity contribution in [1.29, 1.82) is 0 Å². The fourth-order valence-corrected chi connectivity index (χ4v) is 3.70. The van der Waals surface area contributed by atoms with Gasteiger partial charge in [0.05, 0.1) is 18.4 Å². The SMILES string of the molecule is Cc1cc(F)cnc1N1CCN(C(=O)N2CCOc3cc(Cl)ccc32)CC1. The normalized spacial score (nSPS) is 16.8. The van der Waals surface area contributed by atoms with Gasteiger partial charge in [0, 0.05) is 37.3 Å². The van der Waals surface area contributed by atoms with Crippen LogP contribution in [0.3, 0.4) is 0 Å². The van der Waals surface area contributed by atoms with Gasteiger partial charge in [-0.1, -0.05) is 11.6 Å². The molecular weight excluding hydrogens is 371 g/mol. The summed E-state index contributed by atoms with van der Waals surface area (Å²) in [5.74, 6) is 1.07. The number of pyridine rings is 1. The largest absolute Gasteiger partial charge is 0.489 e. The summed E-state index contributed by atoms with van der Waals surface area (Å²) < 4.78 is 18.9. The molecule has 0 atom stereocenters. The Morgan fingerprint density at radius 1 is 1.19 bits per heavy atom. The van der Waals surface area contributed by atoms with Crippen LogP contribution in [0, 0.1) is 12.7 Å². The maximum Gasteiger partial charge on any atom is 0.324 e. The quantitative estimate of drug-likeness (QED) is 0.749. The number of hydrogen-bond acceptors (Lipinski definition) is 4. The molecule has 2 aliphatic rings. The second-order valence-electron chi connectivity index (χ2n) is 6.66. The predicted molar refractivity (Wildman–Crippen MR) is 102 cm³/mol. The summed E-state index contributed by atoms with van der Waals surface area (Å²) in [5.41, 5.74) is 1.54. The van der Waals surface area contributed by atoms with Crippen molar-refractivity contribution in [3.05, 3.63) is 46.9 Å². The number of piperazine rings is 1. The molecule has 0 radical (unpaired) electrons. The number of fused-ring (bicyclic) bond motifs is 1. The van der Waals surface area contributed by atoms with E-state index in [1.54, 1.807) is 17.0 Å². The molecule has 0 spiro atoms. The first kappa shape index (κ1) is 17.9. The molecule has 3 heterocycles. The molecule has 4 rings (SSSR count). The van der Waals surface area contributed by atoms with Gasteiger partial charge in [-0.25, -0.2) is 14.2 Å². The number of carbonyl (C=O) groups excluding carboxylic acids is 1. The summed E-state index contributed by atoms with van der Waals surface area (Å²) >= 11 is 6.02. The van der Waals surface area contributed by atoms with Crippen LogP contribution in [0.25, 0.3) is 0 Å². The number of aromatic nitrogens is 1. The molecule has 1 aromatic carbocycles. The van der Waals surface area contributed by atoms with Gasteiger partial charge in [0.1, 0.15) is 24.0 Å². The van der Waals surface area contributed by atoms with E-state index < -0.39 is 0 Å². The molecule has 142 valence electrons. The highest BCUT2D eigenvalue weighted by atomic mass is 35.5. The van der Waals surface area contributed by atoms with Crippen molar-refractivity contribution in [2.75, 3.05) is 49.1 Å². The third-order valence-corrected chi connectivity index (χ3v) is 5.12. The van der Waals surface area contributed by atoms with Crippen LogP contribution >= 0.6 is 11.6 Å². The van der Waals surface area contributed by atoms with Crippen LogP contribution < -0.4 is 14.5 Å². The van der Waals surface area contributed by atoms with E-state index in [0.717, 1.165) is 17.1 Å². The Morgan fingerprint density at radius 3 is 2.70 bits per heavy atom. The van der Waals surface area contributed by atoms with Crippen LogP contribution in [0.5, 0.6) is 5.75 Å². The zero-order valence-electron chi connectivity index (χ0n) is 15.0. The number of anilines is 2. The van der Waals surface area contributed by atoms with Crippen molar-refractivity contribution >= 4 is 29.1 Å². The molecule has 0 saturated carbocycles. The first-order valence-electron chi connectivity index (χ1n) is 8.89. The number of carbonyl (C=O) groups is 1. The molecule has 2 aliphatic heterocycles. The third-order valence-electron chi connectivity index (χ3n) is 4.88. The summed E-state index contributed by atoms with van der Waals surface area (Å²) in [4.78, 5) is 22.9. The minimum atomic E-state index is -0.337. The molecule has 1 fully saturated rings. The summed E-state index contributed by atoms with van der Waals surface area (Å²) in [6.07, 6.45) is 1.23. The molecule has 0 N–H and O–H groups in total. The maximum absolute atomic E-state index is 13.3. The topological polar surface area (TPSA) is 48.9 Å². The Hall–Kier alpha value is -2.54. The number of halogens is 2. The number of ether oxygens (including phenoxy) is 1. The Bertz CT molecular complexity index is 871. The molecule has 0 bridgehead atoms. The zero-order chi connectivity index (χ0) is 19.0. The number of nitrogens with zero attached hydrogens (tertiary/aromatic N) is 4. The van der Waals surface area contributed by atoms with Gasteiger partial charge < -0.3 is 14.5 Å². The Kier molecular flexibility index (Phi) is 4.78. The highest BCUT2D eigenvalue weighted by Crippen LogP contribution is 2.34. The van der Waals surface area contributed by atoms with Gasteiger partial charge in [0.2, 0.25) is 0 Å². The van der Waals surface area contributed by atoms with Crippen LogP contribution in [0.4, 0.5) is 20.7 Å². The van der Waals surface area contributed by atoms with E-state index in [1.807, 2.05) is 17.9 Å². The minimum absolute atomic E-state index is 0.0368. The van der Waals surface area contributed by atoms with Crippen molar-refractivity contribution in [3.8, 4) is 5.75 Å². The second kappa shape index (κ2) is 7.23. The van der Waals surface area contributed by atoms with Gasteiger partial charge >= 0.3 is 6.03 Å². The fraction of sp³-hybridized carbons (Fsp3) is 0.368. The van der Waals surface area contributed by atoms with Crippen LogP contribution in [-0.2, 0) is 0 Å². The number of hydrogen-bond donors (Lipinski definition) is 0. The van der Waals surface area contributed by atoms with Crippen molar-refractivity contribution in [1.82, 2.24) is 9.88 Å². The van der Waals surface area contributed by atoms with E-state index in [2.05, 4.69) is 9.88 Å². The Morgan fingerprint density at radius 2 is 1.96 bits per heavy atom. The lowest BCUT2D eigenvalue weighted by Gasteiger charge is -2.39. The lowest BCUT2D eigenvalue weighted by Crippen LogP contribution is -2.54. The standard InChI is InChI=1S/C19H20ClFN4O2/c1-13-10-15(21)12-22-18(13)23-4-6-24(7-5-23)19(26)25-8-9-27-17-11-14(20)2-3-16(17)25/h2-3,10-12H,4-9H2,1H3. The first-order chi connectivity index (χ1) is 13.0. The number of urea groups is 1. The molecule has 0 aliphatic carbocycles. The molecule has 1 saturated heterocycles. The number of rotatable bonds is 1. The molecular formula is C19H20ClFN4O2. The van der Waals surface area contributed by atoms with Gasteiger partial charge in [0.15, 0.2) is 0 Å². The summed E-state index contributed by atoms with van der Waals surface area (Å²) in [6, 6.07) is 6.75. The first-order valence-corrected chi connectivity index (χ1v) is 9.26. The van der Waals surface area contributed by atoms with Crippen molar-refractivity contribution < 1.29 is 13.9 Å². The van der Waals surface area contributed by atoms with E-state index in [1.165, 1.54) is 12.3 Å². The number of amides is 2. The minimum Gasteiger partial charge on any atom is -0.489 e. The smallest absolute Gasteiger partial charge is 0.324 e. The molecule has 1 aromatic heterocycles. The van der Waals surface area contributed by atoms with E-state index >= 15 is 0 Å². The molecule has 27 heavy (non-hydrogen) atoms. The summed E-state index contributed by atoms with van der Waals surface area (Å²) in [5, 5.41) is 0.582. The second-order valence-corrected chi connectivity index (χ2v) is 7.10. The van der Waals surface area contributed by atoms with Crippen molar-refractivity contribution in [2.24, 2.45) is 0 Å². The highest BCUT2D eigenvalue weighted by Gasteiger charge is 2.30. The number of aryl methyl sites for hydroxylation is 1. The monoisotopic (exact) mass is 390 g/mol. The predicted octanol–water partition coefficient (Wildman–Crippen LogP) is 3.32. The van der Waals surface area contributed by atoms with Gasteiger partial charge in [-0.3, -0.25) is 4.90 Å². The van der Waals surface area contributed by atoms with E-state index in [-0.39, 0.29) is 11.8 Å². The molecule has 2 amide bonds. The van der Waals surface area contributed by atoms with E-state index in [9.17, 15) is 9.18 Å². The number of benzene rings is 1. The molecule has 6 nitrogen and oxygen atoms in total. The van der Waals surface area contributed by atoms with Gasteiger partial charge in [-0.2, -0.15) is 0 Å². The lowest BCUT2D eigenvalue weighted by molar-refractivity contribution is 0.196. The van der Waals surface area contributed by atoms with Gasteiger partial charge in [-0.15, -0.1) is 0 Å². The third kappa shape index (κ3) is 3.51. The maximum atomic E-state index is 13.3. The van der Waals surface area contributed by atoms with Crippen LogP contribution in [0.15, 0.2) is 30.5 Å². The molecule has 8 heteroatoms. The summed E-state index contributed by atoms with van der Waals surface area (Å²) in [7, 11) is 0. The van der Waals surface area contributed by atoms with Crippen molar-refractivity contribution in [3.63, 3.8) is 0 Å². The molecule has 0 unspecified atom stereocenters. The highest BCUT2D eigenvalue weighted by molar-refractivity contribution is 6.30.